The van der Waals surface area contributed by atoms with Gasteiger partial charge in [0.05, 0.1) is 17.4 Å². The van der Waals surface area contributed by atoms with Gasteiger partial charge in [0.25, 0.3) is 0 Å². The largest absolute Gasteiger partial charge is 0.378 e. The minimum Gasteiger partial charge on any atom is -0.378 e. The average molecular weight is 259 g/mol. The first kappa shape index (κ1) is 11.6. The number of benzene rings is 1. The van der Waals surface area contributed by atoms with E-state index >= 15 is 0 Å². The molecule has 3 aromatic rings. The second-order valence-corrected chi connectivity index (χ2v) is 4.18. The van der Waals surface area contributed by atoms with Gasteiger partial charge in [-0.15, -0.1) is 0 Å². The molecule has 0 atom stereocenters. The normalized spacial score (nSPS) is 10.8. The molecule has 0 saturated carbocycles. The highest BCUT2D eigenvalue weighted by Gasteiger charge is 2.06. The molecule has 2 aromatic heterocycles. The van der Waals surface area contributed by atoms with E-state index in [2.05, 4.69) is 10.4 Å². The minimum absolute atomic E-state index is 0.148. The van der Waals surface area contributed by atoms with E-state index < -0.39 is 11.6 Å². The summed E-state index contributed by atoms with van der Waals surface area (Å²) in [5.74, 6) is -0.943. The molecular weight excluding hydrogens is 248 g/mol. The molecule has 3 rings (SSSR count). The highest BCUT2D eigenvalue weighted by molar-refractivity contribution is 5.55. The quantitative estimate of drug-likeness (QED) is 0.782. The van der Waals surface area contributed by atoms with Crippen molar-refractivity contribution < 1.29 is 8.78 Å². The van der Waals surface area contributed by atoms with E-state index in [0.717, 1.165) is 29.3 Å². The Morgan fingerprint density at radius 2 is 2.05 bits per heavy atom. The van der Waals surface area contributed by atoms with Gasteiger partial charge < -0.3 is 5.32 Å². The lowest BCUT2D eigenvalue weighted by Crippen LogP contribution is -2.01. The Labute approximate surface area is 108 Å². The maximum absolute atomic E-state index is 13.5. The molecule has 96 valence electrons. The lowest BCUT2D eigenvalue weighted by atomic mass is 10.2. The minimum atomic E-state index is -0.474. The van der Waals surface area contributed by atoms with Crippen LogP contribution >= 0.6 is 0 Å². The van der Waals surface area contributed by atoms with Crippen molar-refractivity contribution in [2.75, 3.05) is 5.32 Å². The van der Waals surface area contributed by atoms with E-state index in [1.807, 2.05) is 24.4 Å². The van der Waals surface area contributed by atoms with E-state index in [-0.39, 0.29) is 5.69 Å². The summed E-state index contributed by atoms with van der Waals surface area (Å²) in [5, 5.41) is 7.06. The summed E-state index contributed by atoms with van der Waals surface area (Å²) in [4.78, 5) is 0. The second kappa shape index (κ2) is 4.68. The first-order valence-corrected chi connectivity index (χ1v) is 5.84. The molecule has 0 aliphatic rings. The molecule has 19 heavy (non-hydrogen) atoms. The zero-order chi connectivity index (χ0) is 13.2. The molecule has 1 N–H and O–H groups in total. The summed E-state index contributed by atoms with van der Waals surface area (Å²) in [5.41, 5.74) is 2.01. The third kappa shape index (κ3) is 2.27. The molecule has 0 unspecified atom stereocenters. The van der Waals surface area contributed by atoms with Crippen LogP contribution in [0.1, 0.15) is 5.56 Å². The molecular formula is C14H11F2N3. The zero-order valence-corrected chi connectivity index (χ0v) is 9.98. The SMILES string of the molecule is Fc1ccc(F)c(NCc2cnn3ccccc23)c1. The smallest absolute Gasteiger partial charge is 0.146 e. The highest BCUT2D eigenvalue weighted by atomic mass is 19.1. The molecule has 0 aliphatic carbocycles. The zero-order valence-electron chi connectivity index (χ0n) is 9.98. The van der Waals surface area contributed by atoms with Crippen LogP contribution in [-0.4, -0.2) is 9.61 Å². The first-order chi connectivity index (χ1) is 9.24. The number of hydrogen-bond acceptors (Lipinski definition) is 2. The lowest BCUT2D eigenvalue weighted by Gasteiger charge is -2.06. The molecule has 0 fully saturated rings. The Morgan fingerprint density at radius 3 is 2.95 bits per heavy atom. The van der Waals surface area contributed by atoms with Crippen molar-refractivity contribution >= 4 is 11.2 Å². The number of halogens is 2. The topological polar surface area (TPSA) is 29.3 Å². The van der Waals surface area contributed by atoms with Crippen molar-refractivity contribution in [2.24, 2.45) is 0 Å². The van der Waals surface area contributed by atoms with Crippen LogP contribution in [0, 0.1) is 11.6 Å². The Bertz CT molecular complexity index is 722. The molecule has 0 radical (unpaired) electrons. The van der Waals surface area contributed by atoms with E-state index in [4.69, 9.17) is 0 Å². The second-order valence-electron chi connectivity index (χ2n) is 4.18. The molecule has 0 aliphatic heterocycles. The number of rotatable bonds is 3. The van der Waals surface area contributed by atoms with Crippen LogP contribution in [0.5, 0.6) is 0 Å². The molecule has 0 spiro atoms. The third-order valence-electron chi connectivity index (χ3n) is 2.90. The molecule has 5 heteroatoms. The van der Waals surface area contributed by atoms with Gasteiger partial charge in [-0.2, -0.15) is 5.10 Å². The van der Waals surface area contributed by atoms with Crippen molar-refractivity contribution in [1.29, 1.82) is 0 Å². The lowest BCUT2D eigenvalue weighted by molar-refractivity contribution is 0.602. The summed E-state index contributed by atoms with van der Waals surface area (Å²) in [7, 11) is 0. The Balaban J connectivity index is 1.84. The first-order valence-electron chi connectivity index (χ1n) is 5.84. The van der Waals surface area contributed by atoms with Gasteiger partial charge in [-0.05, 0) is 30.3 Å². The van der Waals surface area contributed by atoms with Crippen LogP contribution in [0.15, 0.2) is 48.8 Å². The van der Waals surface area contributed by atoms with Gasteiger partial charge in [0.2, 0.25) is 0 Å². The van der Waals surface area contributed by atoms with Crippen molar-refractivity contribution in [3.8, 4) is 0 Å². The molecule has 0 bridgehead atoms. The van der Waals surface area contributed by atoms with E-state index in [0.29, 0.717) is 6.54 Å². The predicted octanol–water partition coefficient (Wildman–Crippen LogP) is 3.22. The third-order valence-corrected chi connectivity index (χ3v) is 2.90. The maximum Gasteiger partial charge on any atom is 0.146 e. The Kier molecular flexibility index (Phi) is 2.87. The van der Waals surface area contributed by atoms with Gasteiger partial charge in [0.1, 0.15) is 11.6 Å². The van der Waals surface area contributed by atoms with Crippen molar-refractivity contribution in [3.63, 3.8) is 0 Å². The van der Waals surface area contributed by atoms with Gasteiger partial charge in [0.15, 0.2) is 0 Å². The molecule has 1 aromatic carbocycles. The fraction of sp³-hybridized carbons (Fsp3) is 0.0714. The number of hydrogen-bond donors (Lipinski definition) is 1. The van der Waals surface area contributed by atoms with Crippen molar-refractivity contribution in [3.05, 3.63) is 66.0 Å². The highest BCUT2D eigenvalue weighted by Crippen LogP contribution is 2.17. The monoisotopic (exact) mass is 259 g/mol. The number of aromatic nitrogens is 2. The van der Waals surface area contributed by atoms with Crippen molar-refractivity contribution in [1.82, 2.24) is 9.61 Å². The number of nitrogens with one attached hydrogen (secondary N) is 1. The van der Waals surface area contributed by atoms with Gasteiger partial charge in [-0.25, -0.2) is 13.3 Å². The number of nitrogens with zero attached hydrogens (tertiary/aromatic N) is 2. The van der Waals surface area contributed by atoms with E-state index in [1.165, 1.54) is 0 Å². The number of anilines is 1. The summed E-state index contributed by atoms with van der Waals surface area (Å²) < 4.78 is 28.2. The van der Waals surface area contributed by atoms with Gasteiger partial charge in [-0.1, -0.05) is 6.07 Å². The van der Waals surface area contributed by atoms with Crippen LogP contribution < -0.4 is 5.32 Å². The van der Waals surface area contributed by atoms with Crippen LogP contribution in [0.2, 0.25) is 0 Å². The Morgan fingerprint density at radius 1 is 1.16 bits per heavy atom. The summed E-state index contributed by atoms with van der Waals surface area (Å²) in [6, 6.07) is 9.04. The average Bonchev–Trinajstić information content (AvgIpc) is 2.83. The van der Waals surface area contributed by atoms with Crippen LogP contribution in [0.4, 0.5) is 14.5 Å². The Hall–Kier alpha value is -2.43. The fourth-order valence-corrected chi connectivity index (χ4v) is 1.95. The molecule has 3 nitrogen and oxygen atoms in total. The van der Waals surface area contributed by atoms with Crippen molar-refractivity contribution in [2.45, 2.75) is 6.54 Å². The van der Waals surface area contributed by atoms with Crippen LogP contribution in [0.25, 0.3) is 5.52 Å². The number of pyridine rings is 1. The summed E-state index contributed by atoms with van der Waals surface area (Å²) >= 11 is 0. The van der Waals surface area contributed by atoms with Crippen LogP contribution in [0.3, 0.4) is 0 Å². The van der Waals surface area contributed by atoms with Gasteiger partial charge >= 0.3 is 0 Å². The van der Waals surface area contributed by atoms with E-state index in [9.17, 15) is 8.78 Å². The predicted molar refractivity (Wildman–Crippen MR) is 68.9 cm³/mol. The standard InChI is InChI=1S/C14H11F2N3/c15-11-4-5-12(16)13(7-11)17-8-10-9-18-19-6-2-1-3-14(10)19/h1-7,9,17H,8H2. The fourth-order valence-electron chi connectivity index (χ4n) is 1.95. The number of fused-ring (bicyclic) bond motifs is 1. The molecule has 0 saturated heterocycles. The van der Waals surface area contributed by atoms with E-state index in [1.54, 1.807) is 10.7 Å². The molecule has 0 amide bonds. The van der Waals surface area contributed by atoms with Gasteiger partial charge in [-0.3, -0.25) is 0 Å². The van der Waals surface area contributed by atoms with Crippen LogP contribution in [-0.2, 0) is 6.54 Å². The molecule has 2 heterocycles. The van der Waals surface area contributed by atoms with Gasteiger partial charge in [0, 0.05) is 18.3 Å². The summed E-state index contributed by atoms with van der Waals surface area (Å²) in [6.45, 7) is 0.383. The summed E-state index contributed by atoms with van der Waals surface area (Å²) in [6.07, 6.45) is 3.54. The maximum atomic E-state index is 13.5.